The molecule has 2 heterocycles. The van der Waals surface area contributed by atoms with E-state index in [1.54, 1.807) is 17.9 Å². The Hall–Kier alpha value is -3.87. The lowest BCUT2D eigenvalue weighted by Crippen LogP contribution is -2.44. The average molecular weight is 500 g/mol. The number of H-pyrrole nitrogens is 1. The van der Waals surface area contributed by atoms with Crippen LogP contribution in [0.3, 0.4) is 0 Å². The van der Waals surface area contributed by atoms with Gasteiger partial charge in [0.15, 0.2) is 0 Å². The summed E-state index contributed by atoms with van der Waals surface area (Å²) in [6, 6.07) is 20.0. The molecule has 1 fully saturated rings. The van der Waals surface area contributed by atoms with Gasteiger partial charge in [-0.05, 0) is 55.0 Å². The lowest BCUT2D eigenvalue weighted by Gasteiger charge is -2.25. The van der Waals surface area contributed by atoms with Crippen molar-refractivity contribution in [3.63, 3.8) is 0 Å². The van der Waals surface area contributed by atoms with Gasteiger partial charge in [-0.1, -0.05) is 61.4 Å². The van der Waals surface area contributed by atoms with E-state index in [2.05, 4.69) is 10.3 Å². The summed E-state index contributed by atoms with van der Waals surface area (Å²) >= 11 is 0. The van der Waals surface area contributed by atoms with Crippen LogP contribution in [0.25, 0.3) is 0 Å². The van der Waals surface area contributed by atoms with Crippen molar-refractivity contribution in [1.29, 1.82) is 0 Å². The molecule has 0 spiro atoms. The van der Waals surface area contributed by atoms with E-state index in [0.717, 1.165) is 48.2 Å². The SMILES string of the molecule is CCOC(=O)[C@@H]1Cc2ccccc2N1C(=O)c1ccc([C@@H](NC(=O)Cc2ccccc2)C2CCCC2)[nH]1. The number of carbonyl (C=O) groups excluding carboxylic acids is 3. The second-order valence-electron chi connectivity index (χ2n) is 9.86. The molecule has 0 unspecified atom stereocenters. The molecule has 2 atom stereocenters. The normalized spacial score (nSPS) is 17.9. The number of hydrogen-bond acceptors (Lipinski definition) is 4. The predicted octanol–water partition coefficient (Wildman–Crippen LogP) is 4.74. The fourth-order valence-corrected chi connectivity index (χ4v) is 5.66. The Labute approximate surface area is 217 Å². The van der Waals surface area contributed by atoms with E-state index < -0.39 is 12.0 Å². The molecule has 1 aliphatic heterocycles. The number of aromatic amines is 1. The highest BCUT2D eigenvalue weighted by atomic mass is 16.5. The summed E-state index contributed by atoms with van der Waals surface area (Å²) in [5.74, 6) is -0.423. The molecule has 7 heteroatoms. The monoisotopic (exact) mass is 499 g/mol. The number of carbonyl (C=O) groups is 3. The van der Waals surface area contributed by atoms with E-state index in [1.165, 1.54) is 0 Å². The van der Waals surface area contributed by atoms with Gasteiger partial charge in [-0.25, -0.2) is 4.79 Å². The molecule has 1 aliphatic carbocycles. The molecule has 2 aromatic carbocycles. The summed E-state index contributed by atoms with van der Waals surface area (Å²) in [4.78, 5) is 44.3. The van der Waals surface area contributed by atoms with Gasteiger partial charge in [0, 0.05) is 17.8 Å². The summed E-state index contributed by atoms with van der Waals surface area (Å²) in [6.07, 6.45) is 5.06. The van der Waals surface area contributed by atoms with Crippen LogP contribution in [0.15, 0.2) is 66.7 Å². The Kier molecular flexibility index (Phi) is 7.40. The molecule has 1 saturated carbocycles. The van der Waals surface area contributed by atoms with Crippen LogP contribution in [0.5, 0.6) is 0 Å². The second kappa shape index (κ2) is 11.0. The Morgan fingerprint density at radius 1 is 1.00 bits per heavy atom. The molecule has 192 valence electrons. The maximum absolute atomic E-state index is 13.7. The first-order valence-corrected chi connectivity index (χ1v) is 13.2. The minimum absolute atomic E-state index is 0.0404. The fourth-order valence-electron chi connectivity index (χ4n) is 5.66. The number of rotatable bonds is 8. The molecule has 2 aliphatic rings. The number of amides is 2. The highest BCUT2D eigenvalue weighted by molar-refractivity contribution is 6.10. The standard InChI is InChI=1S/C30H33N3O4/c1-2-37-30(36)26-19-22-14-8-9-15-25(22)33(26)29(35)24-17-16-23(31-24)28(21-12-6-7-13-21)32-27(34)18-20-10-4-3-5-11-20/h3-5,8-11,14-17,21,26,28,31H,2,6-7,12-13,18-19H2,1H3,(H,32,34)/t26-,28-/m0/s1. The van der Waals surface area contributed by atoms with Gasteiger partial charge in [0.1, 0.15) is 11.7 Å². The minimum atomic E-state index is -0.701. The molecule has 0 saturated heterocycles. The predicted molar refractivity (Wildman–Crippen MR) is 141 cm³/mol. The quantitative estimate of drug-likeness (QED) is 0.438. The van der Waals surface area contributed by atoms with Crippen molar-refractivity contribution in [1.82, 2.24) is 10.3 Å². The molecule has 1 aromatic heterocycles. The number of ether oxygens (including phenoxy) is 1. The Morgan fingerprint density at radius 3 is 2.49 bits per heavy atom. The van der Waals surface area contributed by atoms with E-state index in [-0.39, 0.29) is 24.5 Å². The Morgan fingerprint density at radius 2 is 1.73 bits per heavy atom. The van der Waals surface area contributed by atoms with Crippen molar-refractivity contribution in [3.05, 3.63) is 89.2 Å². The molecule has 0 radical (unpaired) electrons. The molecule has 37 heavy (non-hydrogen) atoms. The van der Waals surface area contributed by atoms with Gasteiger partial charge in [-0.15, -0.1) is 0 Å². The average Bonchev–Trinajstić information content (AvgIpc) is 3.68. The third-order valence-electron chi connectivity index (χ3n) is 7.42. The first kappa shape index (κ1) is 24.8. The molecular formula is C30H33N3O4. The van der Waals surface area contributed by atoms with Gasteiger partial charge in [0.25, 0.3) is 5.91 Å². The van der Waals surface area contributed by atoms with Crippen molar-refractivity contribution in [3.8, 4) is 0 Å². The summed E-state index contributed by atoms with van der Waals surface area (Å²) in [5, 5.41) is 3.24. The van der Waals surface area contributed by atoms with E-state index >= 15 is 0 Å². The zero-order chi connectivity index (χ0) is 25.8. The van der Waals surface area contributed by atoms with Gasteiger partial charge in [0.2, 0.25) is 5.91 Å². The zero-order valence-corrected chi connectivity index (χ0v) is 21.1. The van der Waals surface area contributed by atoms with Crippen LogP contribution in [0.1, 0.15) is 66.0 Å². The van der Waals surface area contributed by atoms with Crippen molar-refractivity contribution in [2.45, 2.75) is 57.5 Å². The summed E-state index contributed by atoms with van der Waals surface area (Å²) in [5.41, 5.74) is 3.84. The number of benzene rings is 2. The van der Waals surface area contributed by atoms with Gasteiger partial charge in [-0.2, -0.15) is 0 Å². The van der Waals surface area contributed by atoms with Crippen molar-refractivity contribution >= 4 is 23.5 Å². The third-order valence-corrected chi connectivity index (χ3v) is 7.42. The van der Waals surface area contributed by atoms with Crippen LogP contribution in [-0.2, 0) is 27.2 Å². The Bertz CT molecular complexity index is 1260. The Balaban J connectivity index is 1.39. The smallest absolute Gasteiger partial charge is 0.329 e. The second-order valence-corrected chi connectivity index (χ2v) is 9.86. The molecule has 2 amide bonds. The van der Waals surface area contributed by atoms with E-state index in [0.29, 0.717) is 24.5 Å². The van der Waals surface area contributed by atoms with Gasteiger partial charge in [-0.3, -0.25) is 14.5 Å². The van der Waals surface area contributed by atoms with E-state index in [1.807, 2.05) is 60.7 Å². The highest BCUT2D eigenvalue weighted by Gasteiger charge is 2.40. The van der Waals surface area contributed by atoms with Crippen molar-refractivity contribution in [2.75, 3.05) is 11.5 Å². The number of anilines is 1. The van der Waals surface area contributed by atoms with Crippen molar-refractivity contribution in [2.24, 2.45) is 5.92 Å². The zero-order valence-electron chi connectivity index (χ0n) is 21.1. The summed E-state index contributed by atoms with van der Waals surface area (Å²) in [7, 11) is 0. The summed E-state index contributed by atoms with van der Waals surface area (Å²) in [6.45, 7) is 2.02. The number of fused-ring (bicyclic) bond motifs is 1. The number of para-hydroxylation sites is 1. The molecule has 0 bridgehead atoms. The van der Waals surface area contributed by atoms with Crippen LogP contribution in [0.2, 0.25) is 0 Å². The van der Waals surface area contributed by atoms with Gasteiger partial charge < -0.3 is 15.0 Å². The first-order valence-electron chi connectivity index (χ1n) is 13.2. The molecule has 7 nitrogen and oxygen atoms in total. The number of nitrogens with zero attached hydrogens (tertiary/aromatic N) is 1. The topological polar surface area (TPSA) is 91.5 Å². The molecular weight excluding hydrogens is 466 g/mol. The molecule has 5 rings (SSSR count). The van der Waals surface area contributed by atoms with Crippen LogP contribution >= 0.6 is 0 Å². The lowest BCUT2D eigenvalue weighted by atomic mass is 9.95. The van der Waals surface area contributed by atoms with Crippen LogP contribution in [0.4, 0.5) is 5.69 Å². The maximum atomic E-state index is 13.7. The fraction of sp³-hybridized carbons (Fsp3) is 0.367. The van der Waals surface area contributed by atoms with E-state index in [4.69, 9.17) is 4.74 Å². The minimum Gasteiger partial charge on any atom is -0.464 e. The van der Waals surface area contributed by atoms with Crippen LogP contribution < -0.4 is 10.2 Å². The molecule has 2 N–H and O–H groups in total. The highest BCUT2D eigenvalue weighted by Crippen LogP contribution is 2.37. The third kappa shape index (κ3) is 5.31. The van der Waals surface area contributed by atoms with Gasteiger partial charge in [0.05, 0.1) is 19.1 Å². The number of aromatic nitrogens is 1. The van der Waals surface area contributed by atoms with Crippen molar-refractivity contribution < 1.29 is 19.1 Å². The molecule has 3 aromatic rings. The van der Waals surface area contributed by atoms with Crippen LogP contribution in [0, 0.1) is 5.92 Å². The lowest BCUT2D eigenvalue weighted by molar-refractivity contribution is -0.144. The van der Waals surface area contributed by atoms with Gasteiger partial charge >= 0.3 is 5.97 Å². The number of hydrogen-bond donors (Lipinski definition) is 2. The van der Waals surface area contributed by atoms with Crippen LogP contribution in [-0.4, -0.2) is 35.4 Å². The largest absolute Gasteiger partial charge is 0.464 e. The first-order chi connectivity index (χ1) is 18.0. The summed E-state index contributed by atoms with van der Waals surface area (Å²) < 4.78 is 5.29. The number of nitrogens with one attached hydrogen (secondary N) is 2. The van der Waals surface area contributed by atoms with E-state index in [9.17, 15) is 14.4 Å². The maximum Gasteiger partial charge on any atom is 0.329 e. The number of esters is 1.